The van der Waals surface area contributed by atoms with Gasteiger partial charge in [0.15, 0.2) is 5.78 Å². The lowest BCUT2D eigenvalue weighted by Gasteiger charge is -2.18. The Bertz CT molecular complexity index is 858. The zero-order chi connectivity index (χ0) is 21.5. The van der Waals surface area contributed by atoms with E-state index in [4.69, 9.17) is 0 Å². The van der Waals surface area contributed by atoms with Crippen molar-refractivity contribution >= 4 is 27.6 Å². The zero-order valence-electron chi connectivity index (χ0n) is 17.0. The first-order valence-electron chi connectivity index (χ1n) is 10.2. The molecule has 0 radical (unpaired) electrons. The molecule has 2 unspecified atom stereocenters. The fraction of sp³-hybridized carbons (Fsp3) is 0.391. The maximum absolute atomic E-state index is 13.1. The van der Waals surface area contributed by atoms with E-state index >= 15 is 0 Å². The van der Waals surface area contributed by atoms with Gasteiger partial charge in [0.1, 0.15) is 5.82 Å². The molecule has 30 heavy (non-hydrogen) atoms. The third kappa shape index (κ3) is 6.45. The van der Waals surface area contributed by atoms with Crippen LogP contribution in [0.1, 0.15) is 54.1 Å². The molecule has 1 aliphatic rings. The molecule has 1 saturated heterocycles. The number of Topliss-reactive ketones (excluding diaryl/α,β-unsaturated/α-hetero) is 1. The van der Waals surface area contributed by atoms with Crippen molar-refractivity contribution in [3.63, 3.8) is 0 Å². The Labute approximate surface area is 185 Å². The van der Waals surface area contributed by atoms with E-state index in [0.717, 1.165) is 29.3 Å². The molecule has 1 amide bonds. The number of amides is 1. The number of nitrogens with one attached hydrogen (secondary N) is 2. The smallest absolute Gasteiger partial charge is 0.222 e. The van der Waals surface area contributed by atoms with Gasteiger partial charge in [0.2, 0.25) is 5.91 Å². The van der Waals surface area contributed by atoms with Crippen molar-refractivity contribution in [2.45, 2.75) is 44.2 Å². The van der Waals surface area contributed by atoms with E-state index in [0.29, 0.717) is 18.2 Å². The SMILES string of the molecule is CN(CCCC1CC(c2ccc(F)cc2)NN1)C(=O)CCC(=O)c1ccc(Br)cc1. The minimum atomic E-state index is -0.229. The molecule has 0 aliphatic carbocycles. The van der Waals surface area contributed by atoms with Crippen LogP contribution >= 0.6 is 15.9 Å². The monoisotopic (exact) mass is 475 g/mol. The highest BCUT2D eigenvalue weighted by Crippen LogP contribution is 2.24. The van der Waals surface area contributed by atoms with Crippen molar-refractivity contribution in [1.82, 2.24) is 15.8 Å². The predicted octanol–water partition coefficient (Wildman–Crippen LogP) is 4.40. The van der Waals surface area contributed by atoms with Crippen LogP contribution in [-0.2, 0) is 4.79 Å². The van der Waals surface area contributed by atoms with Crippen LogP contribution in [0.15, 0.2) is 53.0 Å². The quantitative estimate of drug-likeness (QED) is 0.527. The molecule has 1 fully saturated rings. The van der Waals surface area contributed by atoms with E-state index in [-0.39, 0.29) is 36.4 Å². The molecule has 2 N–H and O–H groups in total. The summed E-state index contributed by atoms with van der Waals surface area (Å²) in [4.78, 5) is 26.3. The molecule has 2 aromatic rings. The van der Waals surface area contributed by atoms with Gasteiger partial charge in [-0.3, -0.25) is 20.4 Å². The molecule has 0 saturated carbocycles. The summed E-state index contributed by atoms with van der Waals surface area (Å²) >= 11 is 3.35. The van der Waals surface area contributed by atoms with Gasteiger partial charge in [-0.1, -0.05) is 40.2 Å². The van der Waals surface area contributed by atoms with E-state index in [1.54, 1.807) is 36.2 Å². The first-order chi connectivity index (χ1) is 14.4. The van der Waals surface area contributed by atoms with Gasteiger partial charge in [-0.25, -0.2) is 4.39 Å². The lowest BCUT2D eigenvalue weighted by atomic mass is 9.99. The van der Waals surface area contributed by atoms with Crippen LogP contribution in [0.3, 0.4) is 0 Å². The maximum Gasteiger partial charge on any atom is 0.222 e. The fourth-order valence-electron chi connectivity index (χ4n) is 3.62. The Hall–Kier alpha value is -2.09. The highest BCUT2D eigenvalue weighted by atomic mass is 79.9. The molecule has 0 spiro atoms. The second kappa shape index (κ2) is 10.8. The van der Waals surface area contributed by atoms with Crippen molar-refractivity contribution in [1.29, 1.82) is 0 Å². The van der Waals surface area contributed by atoms with Gasteiger partial charge in [-0.15, -0.1) is 0 Å². The topological polar surface area (TPSA) is 61.4 Å². The minimum absolute atomic E-state index is 0.0119. The maximum atomic E-state index is 13.1. The van der Waals surface area contributed by atoms with E-state index in [1.165, 1.54) is 12.1 Å². The number of halogens is 2. The minimum Gasteiger partial charge on any atom is -0.346 e. The third-order valence-corrected chi connectivity index (χ3v) is 5.99. The second-order valence-corrected chi connectivity index (χ2v) is 8.63. The molecule has 2 aromatic carbocycles. The van der Waals surface area contributed by atoms with Crippen LogP contribution < -0.4 is 10.9 Å². The summed E-state index contributed by atoms with van der Waals surface area (Å²) in [6.45, 7) is 0.657. The number of hydrazine groups is 1. The zero-order valence-corrected chi connectivity index (χ0v) is 18.6. The summed E-state index contributed by atoms with van der Waals surface area (Å²) < 4.78 is 14.0. The molecule has 3 rings (SSSR count). The molecule has 5 nitrogen and oxygen atoms in total. The summed E-state index contributed by atoms with van der Waals surface area (Å²) in [6, 6.07) is 14.2. The number of rotatable bonds is 9. The Morgan fingerprint density at radius 1 is 1.07 bits per heavy atom. The number of carbonyl (C=O) groups excluding carboxylic acids is 2. The molecule has 0 aromatic heterocycles. The fourth-order valence-corrected chi connectivity index (χ4v) is 3.88. The van der Waals surface area contributed by atoms with Crippen molar-refractivity contribution in [3.8, 4) is 0 Å². The number of hydrogen-bond donors (Lipinski definition) is 2. The average molecular weight is 476 g/mol. The van der Waals surface area contributed by atoms with Crippen LogP contribution in [0, 0.1) is 5.82 Å². The van der Waals surface area contributed by atoms with Crippen LogP contribution in [0.5, 0.6) is 0 Å². The summed E-state index contributed by atoms with van der Waals surface area (Å²) in [5.74, 6) is -0.257. The average Bonchev–Trinajstić information content (AvgIpc) is 3.21. The summed E-state index contributed by atoms with van der Waals surface area (Å²) in [5, 5.41) is 0. The number of nitrogens with zero attached hydrogens (tertiary/aromatic N) is 1. The van der Waals surface area contributed by atoms with Gasteiger partial charge >= 0.3 is 0 Å². The van der Waals surface area contributed by atoms with Gasteiger partial charge < -0.3 is 4.90 Å². The lowest BCUT2D eigenvalue weighted by molar-refractivity contribution is -0.129. The first kappa shape index (κ1) is 22.6. The summed E-state index contributed by atoms with van der Waals surface area (Å²) in [6.07, 6.45) is 3.17. The Morgan fingerprint density at radius 2 is 1.77 bits per heavy atom. The molecular weight excluding hydrogens is 449 g/mol. The lowest BCUT2D eigenvalue weighted by Crippen LogP contribution is -2.32. The van der Waals surface area contributed by atoms with E-state index in [1.807, 2.05) is 12.1 Å². The van der Waals surface area contributed by atoms with E-state index in [9.17, 15) is 14.0 Å². The van der Waals surface area contributed by atoms with Gasteiger partial charge in [0.05, 0.1) is 0 Å². The van der Waals surface area contributed by atoms with Crippen molar-refractivity contribution in [2.75, 3.05) is 13.6 Å². The largest absolute Gasteiger partial charge is 0.346 e. The first-order valence-corrected chi connectivity index (χ1v) is 11.0. The number of benzene rings is 2. The van der Waals surface area contributed by atoms with Gasteiger partial charge in [0.25, 0.3) is 0 Å². The second-order valence-electron chi connectivity index (χ2n) is 7.71. The molecule has 7 heteroatoms. The van der Waals surface area contributed by atoms with Crippen LogP contribution in [-0.4, -0.2) is 36.2 Å². The van der Waals surface area contributed by atoms with Gasteiger partial charge in [-0.05, 0) is 49.1 Å². The Morgan fingerprint density at radius 3 is 2.47 bits per heavy atom. The van der Waals surface area contributed by atoms with E-state index < -0.39 is 0 Å². The highest BCUT2D eigenvalue weighted by Gasteiger charge is 2.24. The van der Waals surface area contributed by atoms with Crippen LogP contribution in [0.25, 0.3) is 0 Å². The molecule has 1 aliphatic heterocycles. The Kier molecular flexibility index (Phi) is 8.13. The normalized spacial score (nSPS) is 18.4. The number of ketones is 1. The van der Waals surface area contributed by atoms with Crippen LogP contribution in [0.2, 0.25) is 0 Å². The predicted molar refractivity (Wildman–Crippen MR) is 118 cm³/mol. The third-order valence-electron chi connectivity index (χ3n) is 5.46. The van der Waals surface area contributed by atoms with Gasteiger partial charge in [-0.2, -0.15) is 0 Å². The summed E-state index contributed by atoms with van der Waals surface area (Å²) in [5.41, 5.74) is 8.24. The number of hydrogen-bond acceptors (Lipinski definition) is 4. The molecule has 160 valence electrons. The highest BCUT2D eigenvalue weighted by molar-refractivity contribution is 9.10. The molecule has 2 atom stereocenters. The van der Waals surface area contributed by atoms with Crippen molar-refractivity contribution in [3.05, 3.63) is 69.9 Å². The molecular formula is C23H27BrFN3O2. The standard InChI is InChI=1S/C23H27BrFN3O2/c1-28(23(30)13-12-22(29)17-4-8-18(24)9-5-17)14-2-3-20-15-21(27-26-20)16-6-10-19(25)11-7-16/h4-11,20-21,26-27H,2-3,12-15H2,1H3. The molecule has 0 bridgehead atoms. The Balaban J connectivity index is 1.34. The van der Waals surface area contributed by atoms with Crippen LogP contribution in [0.4, 0.5) is 4.39 Å². The van der Waals surface area contributed by atoms with Crippen molar-refractivity contribution < 1.29 is 14.0 Å². The summed E-state index contributed by atoms with van der Waals surface area (Å²) in [7, 11) is 1.79. The van der Waals surface area contributed by atoms with Gasteiger partial charge in [0, 0.05) is 48.6 Å². The van der Waals surface area contributed by atoms with Crippen molar-refractivity contribution in [2.24, 2.45) is 0 Å². The van der Waals surface area contributed by atoms with E-state index in [2.05, 4.69) is 26.8 Å². The molecule has 1 heterocycles. The number of carbonyl (C=O) groups is 2.